The molecule has 0 amide bonds. The fourth-order valence-electron chi connectivity index (χ4n) is 2.33. The van der Waals surface area contributed by atoms with Gasteiger partial charge in [-0.3, -0.25) is 0 Å². The number of rotatable bonds is 7. The maximum Gasteiger partial charge on any atom is 0.279 e. The zero-order valence-corrected chi connectivity index (χ0v) is 12.4. The minimum absolute atomic E-state index is 0.265. The molecule has 2 heterocycles. The van der Waals surface area contributed by atoms with Crippen molar-refractivity contribution < 1.29 is 12.9 Å². The third-order valence-electron chi connectivity index (χ3n) is 3.44. The van der Waals surface area contributed by atoms with Crippen LogP contribution in [0.3, 0.4) is 0 Å². The van der Waals surface area contributed by atoms with E-state index in [0.29, 0.717) is 31.3 Å². The van der Waals surface area contributed by atoms with Gasteiger partial charge in [0, 0.05) is 26.1 Å². The lowest BCUT2D eigenvalue weighted by molar-refractivity contribution is 0.268. The van der Waals surface area contributed by atoms with Crippen LogP contribution in [0.5, 0.6) is 0 Å². The SMILES string of the molecule is CNCC1CCN(S(=O)(=O)NCCc2ncno2)CC1. The second-order valence-corrected chi connectivity index (χ2v) is 6.64. The van der Waals surface area contributed by atoms with Crippen molar-refractivity contribution in [3.63, 3.8) is 0 Å². The summed E-state index contributed by atoms with van der Waals surface area (Å²) in [6, 6.07) is 0. The molecule has 114 valence electrons. The van der Waals surface area contributed by atoms with Crippen molar-refractivity contribution in [3.05, 3.63) is 12.2 Å². The molecule has 20 heavy (non-hydrogen) atoms. The van der Waals surface area contributed by atoms with E-state index in [0.717, 1.165) is 19.4 Å². The maximum absolute atomic E-state index is 12.1. The van der Waals surface area contributed by atoms with E-state index in [1.807, 2.05) is 7.05 Å². The van der Waals surface area contributed by atoms with Crippen molar-refractivity contribution in [2.75, 3.05) is 33.2 Å². The molecule has 0 aromatic carbocycles. The van der Waals surface area contributed by atoms with Gasteiger partial charge < -0.3 is 9.84 Å². The third-order valence-corrected chi connectivity index (χ3v) is 5.05. The first kappa shape index (κ1) is 15.4. The minimum atomic E-state index is -3.40. The van der Waals surface area contributed by atoms with Crippen LogP contribution < -0.4 is 10.0 Å². The Hall–Kier alpha value is -1.03. The summed E-state index contributed by atoms with van der Waals surface area (Å²) in [5.41, 5.74) is 0. The van der Waals surface area contributed by atoms with Gasteiger partial charge in [-0.05, 0) is 32.4 Å². The summed E-state index contributed by atoms with van der Waals surface area (Å²) in [5.74, 6) is 0.991. The summed E-state index contributed by atoms with van der Waals surface area (Å²) in [4.78, 5) is 3.85. The number of hydrogen-bond donors (Lipinski definition) is 2. The molecule has 0 saturated carbocycles. The molecule has 0 unspecified atom stereocenters. The lowest BCUT2D eigenvalue weighted by Gasteiger charge is -2.31. The normalized spacial score (nSPS) is 18.4. The van der Waals surface area contributed by atoms with Crippen LogP contribution >= 0.6 is 0 Å². The maximum atomic E-state index is 12.1. The zero-order valence-electron chi connectivity index (χ0n) is 11.6. The molecule has 0 aliphatic carbocycles. The van der Waals surface area contributed by atoms with Crippen LogP contribution in [0.1, 0.15) is 18.7 Å². The monoisotopic (exact) mass is 303 g/mol. The average Bonchev–Trinajstić information content (AvgIpc) is 2.93. The van der Waals surface area contributed by atoms with Gasteiger partial charge in [0.05, 0.1) is 0 Å². The van der Waals surface area contributed by atoms with Gasteiger partial charge in [-0.15, -0.1) is 0 Å². The molecule has 1 aliphatic heterocycles. The lowest BCUT2D eigenvalue weighted by atomic mass is 9.98. The highest BCUT2D eigenvalue weighted by atomic mass is 32.2. The molecule has 2 rings (SSSR count). The van der Waals surface area contributed by atoms with Crippen molar-refractivity contribution >= 4 is 10.2 Å². The molecular weight excluding hydrogens is 282 g/mol. The highest BCUT2D eigenvalue weighted by Crippen LogP contribution is 2.18. The number of nitrogens with zero attached hydrogens (tertiary/aromatic N) is 3. The van der Waals surface area contributed by atoms with E-state index in [1.165, 1.54) is 10.6 Å². The van der Waals surface area contributed by atoms with E-state index in [9.17, 15) is 8.42 Å². The van der Waals surface area contributed by atoms with Gasteiger partial charge >= 0.3 is 0 Å². The van der Waals surface area contributed by atoms with Gasteiger partial charge in [0.15, 0.2) is 6.33 Å². The molecule has 1 aromatic rings. The first-order valence-electron chi connectivity index (χ1n) is 6.76. The second kappa shape index (κ2) is 7.11. The molecule has 0 spiro atoms. The number of hydrogen-bond acceptors (Lipinski definition) is 6. The van der Waals surface area contributed by atoms with Crippen molar-refractivity contribution in [1.82, 2.24) is 24.5 Å². The van der Waals surface area contributed by atoms with Crippen LogP contribution in [0.4, 0.5) is 0 Å². The molecule has 0 atom stereocenters. The Bertz CT molecular complexity index is 482. The van der Waals surface area contributed by atoms with Crippen LogP contribution in [0.2, 0.25) is 0 Å². The third kappa shape index (κ3) is 4.23. The average molecular weight is 303 g/mol. The Morgan fingerprint density at radius 2 is 2.20 bits per heavy atom. The fraction of sp³-hybridized carbons (Fsp3) is 0.818. The van der Waals surface area contributed by atoms with Crippen molar-refractivity contribution in [2.24, 2.45) is 5.92 Å². The Balaban J connectivity index is 1.76. The molecular formula is C11H21N5O3S. The van der Waals surface area contributed by atoms with Gasteiger partial charge in [0.1, 0.15) is 0 Å². The first-order valence-corrected chi connectivity index (χ1v) is 8.20. The molecule has 1 aliphatic rings. The summed E-state index contributed by atoms with van der Waals surface area (Å²) in [6.07, 6.45) is 3.49. The highest BCUT2D eigenvalue weighted by molar-refractivity contribution is 7.87. The van der Waals surface area contributed by atoms with E-state index in [4.69, 9.17) is 4.52 Å². The summed E-state index contributed by atoms with van der Waals surface area (Å²) >= 11 is 0. The van der Waals surface area contributed by atoms with Crippen LogP contribution in [-0.2, 0) is 16.6 Å². The smallest absolute Gasteiger partial charge is 0.279 e. The highest BCUT2D eigenvalue weighted by Gasteiger charge is 2.27. The minimum Gasteiger partial charge on any atom is -0.340 e. The largest absolute Gasteiger partial charge is 0.340 e. The molecule has 9 heteroatoms. The standard InChI is InChI=1S/C11H21N5O3S/c1-12-8-10-3-6-16(7-4-10)20(17,18)15-5-2-11-13-9-14-19-11/h9-10,12,15H,2-8H2,1H3. The van der Waals surface area contributed by atoms with Gasteiger partial charge in [0.2, 0.25) is 5.89 Å². The van der Waals surface area contributed by atoms with Gasteiger partial charge in [-0.2, -0.15) is 17.7 Å². The van der Waals surface area contributed by atoms with Gasteiger partial charge in [-0.1, -0.05) is 5.16 Å². The zero-order chi connectivity index (χ0) is 14.4. The summed E-state index contributed by atoms with van der Waals surface area (Å²) < 4.78 is 33.1. The van der Waals surface area contributed by atoms with E-state index < -0.39 is 10.2 Å². The first-order chi connectivity index (χ1) is 9.62. The quantitative estimate of drug-likeness (QED) is 0.696. The van der Waals surface area contributed by atoms with Gasteiger partial charge in [-0.25, -0.2) is 4.72 Å². The predicted octanol–water partition coefficient (Wildman–Crippen LogP) is -0.622. The van der Waals surface area contributed by atoms with E-state index in [2.05, 4.69) is 20.2 Å². The Kier molecular flexibility index (Phi) is 5.46. The Labute approximate surface area is 119 Å². The fourth-order valence-corrected chi connectivity index (χ4v) is 3.56. The van der Waals surface area contributed by atoms with Gasteiger partial charge in [0.25, 0.3) is 10.2 Å². The summed E-state index contributed by atoms with van der Waals surface area (Å²) in [6.45, 7) is 2.35. The predicted molar refractivity (Wildman–Crippen MR) is 73.1 cm³/mol. The molecule has 1 saturated heterocycles. The molecule has 0 radical (unpaired) electrons. The second-order valence-electron chi connectivity index (χ2n) is 4.88. The Morgan fingerprint density at radius 3 is 2.80 bits per heavy atom. The number of piperidine rings is 1. The molecule has 2 N–H and O–H groups in total. The number of nitrogens with one attached hydrogen (secondary N) is 2. The van der Waals surface area contributed by atoms with Crippen LogP contribution in [0, 0.1) is 5.92 Å². The lowest BCUT2D eigenvalue weighted by Crippen LogP contribution is -2.46. The topological polar surface area (TPSA) is 100 Å². The van der Waals surface area contributed by atoms with Crippen LogP contribution in [-0.4, -0.2) is 56.1 Å². The molecule has 8 nitrogen and oxygen atoms in total. The molecule has 0 bridgehead atoms. The van der Waals surface area contributed by atoms with E-state index in [-0.39, 0.29) is 6.54 Å². The molecule has 1 aromatic heterocycles. The molecule has 1 fully saturated rings. The van der Waals surface area contributed by atoms with Crippen LogP contribution in [0.25, 0.3) is 0 Å². The van der Waals surface area contributed by atoms with E-state index in [1.54, 1.807) is 0 Å². The summed E-state index contributed by atoms with van der Waals surface area (Å²) in [5, 5.41) is 6.61. The van der Waals surface area contributed by atoms with Crippen molar-refractivity contribution in [3.8, 4) is 0 Å². The van der Waals surface area contributed by atoms with Crippen molar-refractivity contribution in [2.45, 2.75) is 19.3 Å². The summed E-state index contributed by atoms with van der Waals surface area (Å²) in [7, 11) is -1.48. The van der Waals surface area contributed by atoms with E-state index >= 15 is 0 Å². The van der Waals surface area contributed by atoms with Crippen LogP contribution in [0.15, 0.2) is 10.9 Å². The number of aromatic nitrogens is 2. The Morgan fingerprint density at radius 1 is 1.45 bits per heavy atom. The van der Waals surface area contributed by atoms with Crippen molar-refractivity contribution in [1.29, 1.82) is 0 Å².